The molecule has 0 spiro atoms. The van der Waals surface area contributed by atoms with E-state index in [1.807, 2.05) is 20.8 Å². The first-order valence-electron chi connectivity index (χ1n) is 10.6. The lowest BCUT2D eigenvalue weighted by Gasteiger charge is -2.25. The van der Waals surface area contributed by atoms with Gasteiger partial charge in [-0.3, -0.25) is 4.79 Å². The molecule has 0 bridgehead atoms. The van der Waals surface area contributed by atoms with E-state index in [-0.39, 0.29) is 35.5 Å². The summed E-state index contributed by atoms with van der Waals surface area (Å²) < 4.78 is 65.3. The molecule has 2 aromatic rings. The quantitative estimate of drug-likeness (QED) is 0.205. The maximum absolute atomic E-state index is 13.5. The second kappa shape index (κ2) is 11.4. The molecule has 0 aliphatic rings. The van der Waals surface area contributed by atoms with Crippen LogP contribution < -0.4 is 22.1 Å². The average molecular weight is 486 g/mol. The van der Waals surface area contributed by atoms with Crippen LogP contribution in [0.4, 0.5) is 22.0 Å². The minimum absolute atomic E-state index is 0.00350. The number of amides is 1. The van der Waals surface area contributed by atoms with Gasteiger partial charge in [0.05, 0.1) is 11.7 Å². The van der Waals surface area contributed by atoms with E-state index in [1.165, 1.54) is 0 Å². The molecule has 6 N–H and O–H groups in total. The lowest BCUT2D eigenvalue weighted by molar-refractivity contribution is -0.137. The highest BCUT2D eigenvalue weighted by molar-refractivity contribution is 6.02. The van der Waals surface area contributed by atoms with Gasteiger partial charge in [0.1, 0.15) is 11.6 Å². The van der Waals surface area contributed by atoms with Crippen molar-refractivity contribution in [2.45, 2.75) is 51.6 Å². The summed E-state index contributed by atoms with van der Waals surface area (Å²) in [5, 5.41) is 5.83. The van der Waals surface area contributed by atoms with Crippen molar-refractivity contribution in [1.82, 2.24) is 10.6 Å². The monoisotopic (exact) mass is 485 g/mol. The van der Waals surface area contributed by atoms with E-state index in [0.717, 1.165) is 42.5 Å². The van der Waals surface area contributed by atoms with Crippen LogP contribution >= 0.6 is 0 Å². The average Bonchev–Trinajstić information content (AvgIpc) is 2.72. The molecule has 2 rings (SSSR count). The number of alkyl halides is 3. The largest absolute Gasteiger partial charge is 0.416 e. The van der Waals surface area contributed by atoms with Crippen LogP contribution in [0.25, 0.3) is 0 Å². The van der Waals surface area contributed by atoms with Gasteiger partial charge in [-0.25, -0.2) is 8.78 Å². The zero-order chi connectivity index (χ0) is 25.6. The van der Waals surface area contributed by atoms with Crippen LogP contribution in [0.3, 0.4) is 0 Å². The fraction of sp³-hybridized carbons (Fsp3) is 0.391. The number of nitrogens with two attached hydrogens (primary N) is 2. The van der Waals surface area contributed by atoms with Crippen molar-refractivity contribution in [3.05, 3.63) is 70.8 Å². The summed E-state index contributed by atoms with van der Waals surface area (Å²) in [5.41, 5.74) is 11.4. The predicted molar refractivity (Wildman–Crippen MR) is 120 cm³/mol. The van der Waals surface area contributed by atoms with Gasteiger partial charge in [-0.2, -0.15) is 18.2 Å². The first kappa shape index (κ1) is 27.2. The number of benzene rings is 2. The van der Waals surface area contributed by atoms with Crippen LogP contribution in [0.5, 0.6) is 0 Å². The Morgan fingerprint density at radius 2 is 1.53 bits per heavy atom. The fourth-order valence-electron chi connectivity index (χ4n) is 2.89. The summed E-state index contributed by atoms with van der Waals surface area (Å²) >= 11 is 0. The second-order valence-corrected chi connectivity index (χ2v) is 8.31. The number of carbonyl (C=O) groups excluding carboxylic acids is 1. The smallest absolute Gasteiger partial charge is 0.353 e. The van der Waals surface area contributed by atoms with Crippen LogP contribution in [0.2, 0.25) is 0 Å². The Balaban J connectivity index is 2.19. The van der Waals surface area contributed by atoms with E-state index in [9.17, 15) is 26.7 Å². The van der Waals surface area contributed by atoms with Gasteiger partial charge in [-0.1, -0.05) is 13.8 Å². The van der Waals surface area contributed by atoms with Crippen molar-refractivity contribution >= 4 is 11.9 Å². The number of halogens is 5. The highest BCUT2D eigenvalue weighted by Gasteiger charge is 2.30. The molecule has 0 fully saturated rings. The highest BCUT2D eigenvalue weighted by Crippen LogP contribution is 2.29. The maximum Gasteiger partial charge on any atom is 0.416 e. The molecule has 0 saturated heterocycles. The van der Waals surface area contributed by atoms with E-state index < -0.39 is 41.5 Å². The van der Waals surface area contributed by atoms with E-state index >= 15 is 0 Å². The molecule has 2 aromatic carbocycles. The molecule has 0 aromatic heterocycles. The van der Waals surface area contributed by atoms with Gasteiger partial charge in [0.15, 0.2) is 0 Å². The van der Waals surface area contributed by atoms with Crippen LogP contribution in [0.1, 0.15) is 54.7 Å². The van der Waals surface area contributed by atoms with Gasteiger partial charge in [0.25, 0.3) is 5.91 Å². The van der Waals surface area contributed by atoms with Crippen LogP contribution in [0.15, 0.2) is 47.5 Å². The van der Waals surface area contributed by atoms with E-state index in [0.29, 0.717) is 0 Å². The Morgan fingerprint density at radius 1 is 0.971 bits per heavy atom. The Labute approximate surface area is 194 Å². The van der Waals surface area contributed by atoms with E-state index in [2.05, 4.69) is 15.6 Å². The normalized spacial score (nSPS) is 15.1. The number of nitrogens with zero attached hydrogens (tertiary/aromatic N) is 1. The number of rotatable bonds is 7. The number of hydrogen-bond donors (Lipinski definition) is 4. The third kappa shape index (κ3) is 8.07. The van der Waals surface area contributed by atoms with E-state index in [1.54, 1.807) is 0 Å². The van der Waals surface area contributed by atoms with Gasteiger partial charge in [0.2, 0.25) is 5.96 Å². The Kier molecular flexibility index (Phi) is 9.11. The third-order valence-corrected chi connectivity index (χ3v) is 5.18. The summed E-state index contributed by atoms with van der Waals surface area (Å²) in [6.45, 7) is 5.71. The summed E-state index contributed by atoms with van der Waals surface area (Å²) in [5.74, 6) is -2.20. The lowest BCUT2D eigenvalue weighted by Crippen LogP contribution is -2.52. The van der Waals surface area contributed by atoms with Crippen LogP contribution in [-0.4, -0.2) is 24.1 Å². The van der Waals surface area contributed by atoms with Crippen LogP contribution in [0, 0.1) is 17.6 Å². The molecule has 0 aliphatic heterocycles. The van der Waals surface area contributed by atoms with Crippen molar-refractivity contribution in [2.24, 2.45) is 22.4 Å². The summed E-state index contributed by atoms with van der Waals surface area (Å²) in [6.07, 6.45) is -5.36. The SMILES string of the molecule is CC(C)C(C)N/C(=N/C(=O)c1ccc(C(F)(F)F)cc1)NC(N)CC(N)c1cc(F)cc(F)c1. The molecule has 34 heavy (non-hydrogen) atoms. The zero-order valence-corrected chi connectivity index (χ0v) is 19.0. The first-order valence-corrected chi connectivity index (χ1v) is 10.6. The molecule has 0 saturated carbocycles. The molecule has 0 heterocycles. The number of nitrogens with one attached hydrogen (secondary N) is 2. The third-order valence-electron chi connectivity index (χ3n) is 5.18. The van der Waals surface area contributed by atoms with Crippen molar-refractivity contribution in [2.75, 3.05) is 0 Å². The number of hydrogen-bond acceptors (Lipinski definition) is 3. The summed E-state index contributed by atoms with van der Waals surface area (Å²) in [6, 6.07) is 5.62. The van der Waals surface area contributed by atoms with Gasteiger partial charge in [-0.05, 0) is 61.2 Å². The number of carbonyl (C=O) groups is 1. The molecule has 11 heteroatoms. The number of guanidine groups is 1. The minimum Gasteiger partial charge on any atom is -0.353 e. The molecular formula is C23H28F5N5O. The van der Waals surface area contributed by atoms with Gasteiger partial charge in [0, 0.05) is 23.7 Å². The second-order valence-electron chi connectivity index (χ2n) is 8.31. The van der Waals surface area contributed by atoms with Crippen molar-refractivity contribution < 1.29 is 26.7 Å². The highest BCUT2D eigenvalue weighted by atomic mass is 19.4. The number of aliphatic imine (C=N–C) groups is 1. The Morgan fingerprint density at radius 3 is 2.03 bits per heavy atom. The lowest BCUT2D eigenvalue weighted by atomic mass is 10.0. The molecule has 3 atom stereocenters. The molecule has 6 nitrogen and oxygen atoms in total. The molecular weight excluding hydrogens is 457 g/mol. The summed E-state index contributed by atoms with van der Waals surface area (Å²) in [7, 11) is 0. The van der Waals surface area contributed by atoms with Gasteiger partial charge in [-0.15, -0.1) is 0 Å². The standard InChI is InChI=1S/C23H28F5N5O/c1-12(2)13(3)31-22(33-21(34)14-4-6-16(7-5-14)23(26,27)28)32-20(30)11-19(29)15-8-17(24)10-18(25)9-15/h4-10,12-13,19-20H,11,29-30H2,1-3H3,(H2,31,32,33,34). The minimum atomic E-state index is -4.53. The summed E-state index contributed by atoms with van der Waals surface area (Å²) in [4.78, 5) is 16.5. The zero-order valence-electron chi connectivity index (χ0n) is 19.0. The van der Waals surface area contributed by atoms with Crippen LogP contribution in [-0.2, 0) is 6.18 Å². The molecule has 1 amide bonds. The Bertz CT molecular complexity index is 988. The van der Waals surface area contributed by atoms with Crippen molar-refractivity contribution in [1.29, 1.82) is 0 Å². The predicted octanol–water partition coefficient (Wildman–Crippen LogP) is 4.08. The van der Waals surface area contributed by atoms with Crippen molar-refractivity contribution in [3.8, 4) is 0 Å². The Hall–Kier alpha value is -3.05. The van der Waals surface area contributed by atoms with Gasteiger partial charge >= 0.3 is 6.18 Å². The maximum atomic E-state index is 13.5. The van der Waals surface area contributed by atoms with E-state index in [4.69, 9.17) is 11.5 Å². The fourth-order valence-corrected chi connectivity index (χ4v) is 2.89. The van der Waals surface area contributed by atoms with Crippen molar-refractivity contribution in [3.63, 3.8) is 0 Å². The molecule has 186 valence electrons. The topological polar surface area (TPSA) is 106 Å². The first-order chi connectivity index (χ1) is 15.8. The molecule has 3 unspecified atom stereocenters. The molecule has 0 aliphatic carbocycles. The van der Waals surface area contributed by atoms with Gasteiger partial charge < -0.3 is 22.1 Å². The molecule has 0 radical (unpaired) electrons.